The molecular formula is C22H24N8O2S. The number of thiazole rings is 1. The van der Waals surface area contributed by atoms with Crippen LogP contribution in [0.4, 0.5) is 11.4 Å². The normalized spacial score (nSPS) is 15.8. The molecule has 4 aromatic heterocycles. The molecule has 1 saturated heterocycles. The number of anilines is 2. The molecule has 0 saturated carbocycles. The average molecular weight is 465 g/mol. The highest BCUT2D eigenvalue weighted by atomic mass is 32.1. The van der Waals surface area contributed by atoms with Gasteiger partial charge in [0.05, 0.1) is 46.1 Å². The number of hydrogen-bond donors (Lipinski definition) is 3. The first-order valence-electron chi connectivity index (χ1n) is 10.7. The van der Waals surface area contributed by atoms with Gasteiger partial charge in [0.15, 0.2) is 0 Å². The van der Waals surface area contributed by atoms with E-state index < -0.39 is 0 Å². The monoisotopic (exact) mass is 464 g/mol. The lowest BCUT2D eigenvalue weighted by molar-refractivity contribution is -0.116. The Kier molecular flexibility index (Phi) is 5.65. The fraction of sp³-hybridized carbons (Fsp3) is 0.318. The number of aromatic nitrogens is 5. The van der Waals surface area contributed by atoms with E-state index in [9.17, 15) is 9.59 Å². The van der Waals surface area contributed by atoms with Crippen molar-refractivity contribution in [2.75, 3.05) is 23.7 Å². The smallest absolute Gasteiger partial charge is 0.260 e. The standard InChI is InChI=1S/C22H24N8O2S/c1-13-18(6-16(9-24-13)27-20(31)5-14-3-4-23-7-14)28-21(32)17-10-26-30-12-19(33-22(17)30)15-8-25-29(2)11-15/h6,8-12,14,23H,3-5,7H2,1-2H3,(H,27,31)(H,28,32)/t14-/m1/s1. The van der Waals surface area contributed by atoms with Gasteiger partial charge >= 0.3 is 0 Å². The number of rotatable bonds is 6. The Morgan fingerprint density at radius 1 is 1.21 bits per heavy atom. The van der Waals surface area contributed by atoms with Gasteiger partial charge in [0.25, 0.3) is 5.91 Å². The van der Waals surface area contributed by atoms with E-state index in [2.05, 4.69) is 31.1 Å². The molecule has 0 radical (unpaired) electrons. The largest absolute Gasteiger partial charge is 0.325 e. The number of pyridine rings is 1. The van der Waals surface area contributed by atoms with Crippen molar-refractivity contribution in [3.8, 4) is 10.4 Å². The highest BCUT2D eigenvalue weighted by Crippen LogP contribution is 2.30. The second-order valence-electron chi connectivity index (χ2n) is 8.23. The van der Waals surface area contributed by atoms with E-state index in [1.54, 1.807) is 33.9 Å². The summed E-state index contributed by atoms with van der Waals surface area (Å²) >= 11 is 1.48. The lowest BCUT2D eigenvalue weighted by Crippen LogP contribution is -2.19. The summed E-state index contributed by atoms with van der Waals surface area (Å²) in [7, 11) is 1.86. The Morgan fingerprint density at radius 3 is 2.85 bits per heavy atom. The third-order valence-electron chi connectivity index (χ3n) is 5.69. The third kappa shape index (κ3) is 4.50. The Hall–Kier alpha value is -3.57. The molecule has 2 amide bonds. The molecule has 10 nitrogen and oxygen atoms in total. The molecule has 1 aliphatic heterocycles. The van der Waals surface area contributed by atoms with Crippen molar-refractivity contribution in [2.45, 2.75) is 19.8 Å². The van der Waals surface area contributed by atoms with Crippen LogP contribution in [0.1, 0.15) is 28.9 Å². The molecule has 1 fully saturated rings. The van der Waals surface area contributed by atoms with E-state index in [1.807, 2.05) is 26.4 Å². The highest BCUT2D eigenvalue weighted by molar-refractivity contribution is 7.21. The molecule has 0 bridgehead atoms. The molecule has 33 heavy (non-hydrogen) atoms. The van der Waals surface area contributed by atoms with Gasteiger partial charge in [-0.2, -0.15) is 10.2 Å². The van der Waals surface area contributed by atoms with Crippen molar-refractivity contribution >= 4 is 39.4 Å². The summed E-state index contributed by atoms with van der Waals surface area (Å²) in [5, 5.41) is 17.6. The quantitative estimate of drug-likeness (QED) is 0.404. The van der Waals surface area contributed by atoms with Gasteiger partial charge in [0.2, 0.25) is 5.91 Å². The molecule has 1 atom stereocenters. The molecule has 1 aliphatic rings. The van der Waals surface area contributed by atoms with Crippen LogP contribution in [-0.4, -0.2) is 49.3 Å². The van der Waals surface area contributed by atoms with Crippen molar-refractivity contribution in [2.24, 2.45) is 13.0 Å². The van der Waals surface area contributed by atoms with E-state index >= 15 is 0 Å². The molecule has 0 aromatic carbocycles. The van der Waals surface area contributed by atoms with Crippen molar-refractivity contribution in [1.29, 1.82) is 0 Å². The molecule has 4 aromatic rings. The van der Waals surface area contributed by atoms with Crippen molar-refractivity contribution in [1.82, 2.24) is 29.7 Å². The van der Waals surface area contributed by atoms with Crippen LogP contribution in [-0.2, 0) is 11.8 Å². The maximum absolute atomic E-state index is 13.1. The van der Waals surface area contributed by atoms with Gasteiger partial charge < -0.3 is 16.0 Å². The van der Waals surface area contributed by atoms with Gasteiger partial charge in [0, 0.05) is 31.4 Å². The zero-order valence-electron chi connectivity index (χ0n) is 18.3. The van der Waals surface area contributed by atoms with Gasteiger partial charge in [-0.1, -0.05) is 0 Å². The van der Waals surface area contributed by atoms with E-state index in [1.165, 1.54) is 11.3 Å². The Labute approximate surface area is 194 Å². The van der Waals surface area contributed by atoms with Crippen LogP contribution in [0.2, 0.25) is 0 Å². The Bertz CT molecular complexity index is 1330. The van der Waals surface area contributed by atoms with Crippen molar-refractivity contribution in [3.05, 3.63) is 48.3 Å². The van der Waals surface area contributed by atoms with Gasteiger partial charge in [-0.05, 0) is 38.4 Å². The fourth-order valence-electron chi connectivity index (χ4n) is 3.90. The lowest BCUT2D eigenvalue weighted by Gasteiger charge is -2.12. The molecular weight excluding hydrogens is 440 g/mol. The second-order valence-corrected chi connectivity index (χ2v) is 9.26. The van der Waals surface area contributed by atoms with Crippen molar-refractivity contribution in [3.63, 3.8) is 0 Å². The maximum atomic E-state index is 13.1. The minimum atomic E-state index is -0.282. The van der Waals surface area contributed by atoms with E-state index in [-0.39, 0.29) is 11.8 Å². The van der Waals surface area contributed by atoms with Crippen LogP contribution in [0.3, 0.4) is 0 Å². The van der Waals surface area contributed by atoms with Crippen LogP contribution in [0.15, 0.2) is 37.1 Å². The predicted molar refractivity (Wildman–Crippen MR) is 126 cm³/mol. The van der Waals surface area contributed by atoms with Gasteiger partial charge in [0.1, 0.15) is 4.83 Å². The molecule has 5 rings (SSSR count). The SMILES string of the molecule is Cc1ncc(NC(=O)C[C@H]2CCNC2)cc1NC(=O)c1cnn2cc(-c3cnn(C)c3)sc12. The van der Waals surface area contributed by atoms with E-state index in [0.717, 1.165) is 34.8 Å². The Morgan fingerprint density at radius 2 is 2.09 bits per heavy atom. The van der Waals surface area contributed by atoms with Crippen LogP contribution >= 0.6 is 11.3 Å². The summed E-state index contributed by atoms with van der Waals surface area (Å²) < 4.78 is 3.43. The summed E-state index contributed by atoms with van der Waals surface area (Å²) in [5.41, 5.74) is 3.20. The predicted octanol–water partition coefficient (Wildman–Crippen LogP) is 2.69. The zero-order chi connectivity index (χ0) is 22.9. The van der Waals surface area contributed by atoms with Crippen molar-refractivity contribution < 1.29 is 9.59 Å². The topological polar surface area (TPSA) is 118 Å². The third-order valence-corrected chi connectivity index (χ3v) is 6.85. The number of carbonyl (C=O) groups excluding carboxylic acids is 2. The van der Waals surface area contributed by atoms with Crippen LogP contribution in [0, 0.1) is 12.8 Å². The van der Waals surface area contributed by atoms with Gasteiger partial charge in [-0.15, -0.1) is 11.3 Å². The van der Waals surface area contributed by atoms with Gasteiger partial charge in [-0.25, -0.2) is 4.52 Å². The summed E-state index contributed by atoms with van der Waals surface area (Å²) in [6.07, 6.45) is 10.2. The molecule has 3 N–H and O–H groups in total. The first-order chi connectivity index (χ1) is 16.0. The number of amides is 2. The maximum Gasteiger partial charge on any atom is 0.260 e. The van der Waals surface area contributed by atoms with Gasteiger partial charge in [-0.3, -0.25) is 19.3 Å². The number of nitrogens with zero attached hydrogens (tertiary/aromatic N) is 5. The first-order valence-corrected chi connectivity index (χ1v) is 11.5. The molecule has 170 valence electrons. The number of hydrogen-bond acceptors (Lipinski definition) is 7. The first kappa shape index (κ1) is 21.3. The summed E-state index contributed by atoms with van der Waals surface area (Å²) in [4.78, 5) is 31.5. The lowest BCUT2D eigenvalue weighted by atomic mass is 10.0. The zero-order valence-corrected chi connectivity index (χ0v) is 19.1. The number of nitrogens with one attached hydrogen (secondary N) is 3. The molecule has 5 heterocycles. The number of aryl methyl sites for hydroxylation is 2. The number of carbonyl (C=O) groups is 2. The fourth-order valence-corrected chi connectivity index (χ4v) is 4.94. The van der Waals surface area contributed by atoms with Crippen LogP contribution in [0.25, 0.3) is 15.3 Å². The highest BCUT2D eigenvalue weighted by Gasteiger charge is 2.20. The van der Waals surface area contributed by atoms with Crippen LogP contribution in [0.5, 0.6) is 0 Å². The number of fused-ring (bicyclic) bond motifs is 1. The molecule has 0 aliphatic carbocycles. The minimum Gasteiger partial charge on any atom is -0.325 e. The summed E-state index contributed by atoms with van der Waals surface area (Å²) in [5.74, 6) is 0.0242. The second kappa shape index (κ2) is 8.75. The molecule has 11 heteroatoms. The van der Waals surface area contributed by atoms with E-state index in [0.29, 0.717) is 35.0 Å². The van der Waals surface area contributed by atoms with Crippen LogP contribution < -0.4 is 16.0 Å². The average Bonchev–Trinajstić information content (AvgIpc) is 3.55. The van der Waals surface area contributed by atoms with E-state index in [4.69, 9.17) is 0 Å². The minimum absolute atomic E-state index is 0.0495. The Balaban J connectivity index is 1.32. The molecule has 0 unspecified atom stereocenters. The summed E-state index contributed by atoms with van der Waals surface area (Å²) in [6, 6.07) is 1.74. The summed E-state index contributed by atoms with van der Waals surface area (Å²) in [6.45, 7) is 3.63. The molecule has 0 spiro atoms.